The van der Waals surface area contributed by atoms with E-state index in [2.05, 4.69) is 26.9 Å². The molecule has 240 valence electrons. The number of nitrogens with zero attached hydrogens (tertiary/aromatic N) is 6. The van der Waals surface area contributed by atoms with Crippen LogP contribution in [0.1, 0.15) is 40.4 Å². The van der Waals surface area contributed by atoms with Crippen LogP contribution < -0.4 is 15.4 Å². The number of nitriles is 1. The number of hydrogen-bond acceptors (Lipinski definition) is 8. The van der Waals surface area contributed by atoms with Crippen LogP contribution in [-0.2, 0) is 0 Å². The Bertz CT molecular complexity index is 2120. The number of halogens is 4. The first kappa shape index (κ1) is 27.4. The van der Waals surface area contributed by atoms with Crippen LogP contribution in [0, 0.1) is 47.1 Å². The highest BCUT2D eigenvalue weighted by Gasteiger charge is 2.57. The third-order valence-electron chi connectivity index (χ3n) is 10.2. The second-order valence-corrected chi connectivity index (χ2v) is 13.0. The van der Waals surface area contributed by atoms with E-state index in [0.29, 0.717) is 37.6 Å². The minimum absolute atomic E-state index is 0.0690. The first-order chi connectivity index (χ1) is 23.5. The quantitative estimate of drug-likeness (QED) is 0.167. The van der Waals surface area contributed by atoms with Gasteiger partial charge in [0.1, 0.15) is 41.7 Å². The Morgan fingerprint density at radius 1 is 1.21 bits per heavy atom. The lowest BCUT2D eigenvalue weighted by molar-refractivity contribution is 0.107. The number of rotatable bonds is 5. The molecule has 0 unspecified atom stereocenters. The Labute approximate surface area is 271 Å². The van der Waals surface area contributed by atoms with E-state index in [0.717, 1.165) is 0 Å². The minimum atomic E-state index is -2.49. The van der Waals surface area contributed by atoms with E-state index >= 15 is 8.78 Å². The number of aromatic nitrogens is 3. The molecule has 3 saturated heterocycles. The van der Waals surface area contributed by atoms with Crippen LogP contribution in [0.3, 0.4) is 0 Å². The number of terminal acetylenes is 1. The van der Waals surface area contributed by atoms with E-state index in [9.17, 15) is 14.0 Å². The average molecular weight is 644 g/mol. The van der Waals surface area contributed by atoms with Crippen LogP contribution in [0.5, 0.6) is 6.01 Å². The first-order valence-corrected chi connectivity index (χ1v) is 15.7. The molecule has 0 bridgehead atoms. The Kier molecular flexibility index (Phi) is 6.39. The summed E-state index contributed by atoms with van der Waals surface area (Å²) in [7, 11) is 0. The zero-order valence-electron chi connectivity index (χ0n) is 27.2. The molecule has 4 fully saturated rings. The van der Waals surface area contributed by atoms with Crippen molar-refractivity contribution >= 4 is 33.2 Å². The molecule has 0 radical (unpaired) electrons. The maximum Gasteiger partial charge on any atom is 0.319 e. The molecule has 5 heterocycles. The van der Waals surface area contributed by atoms with Crippen molar-refractivity contribution in [2.75, 3.05) is 36.8 Å². The molecule has 12 heteroatoms. The fourth-order valence-electron chi connectivity index (χ4n) is 7.91. The molecule has 4 aliphatic rings. The molecule has 1 aliphatic carbocycles. The number of nitrogen functional groups attached to an aromatic ring is 1. The van der Waals surface area contributed by atoms with Crippen molar-refractivity contribution in [3.8, 4) is 35.7 Å². The standard InChI is InChI=1S/C35H31F4N7O/c1-2-22-26(37)5-4-19-11-21(41)12-23(27(19)22)30-29(39)31-25(15-42-30)33(46-9-6-18(14-40)10-24-28(38)32(24)46)44-34(43-31)47-17-35-7-3-8-45(35)16-20(36)13-35/h1,4-5,11-12,15,18,20,24,28,32H,3,6-10,13,16-17,41H2/t18-,20-,24+,28-,32+,35+/m1/s1/i17D2. The lowest BCUT2D eigenvalue weighted by Gasteiger charge is -2.31. The number of benzene rings is 2. The van der Waals surface area contributed by atoms with Gasteiger partial charge in [-0.05, 0) is 55.8 Å². The van der Waals surface area contributed by atoms with Gasteiger partial charge in [0, 0.05) is 54.2 Å². The second-order valence-electron chi connectivity index (χ2n) is 13.0. The van der Waals surface area contributed by atoms with Gasteiger partial charge in [0.25, 0.3) is 0 Å². The van der Waals surface area contributed by atoms with Gasteiger partial charge in [0.05, 0.1) is 31.3 Å². The number of hydrogen-bond donors (Lipinski definition) is 1. The van der Waals surface area contributed by atoms with Crippen LogP contribution in [0.15, 0.2) is 30.5 Å². The number of fused-ring (bicyclic) bond motifs is 4. The van der Waals surface area contributed by atoms with Crippen molar-refractivity contribution in [3.05, 3.63) is 47.7 Å². The summed E-state index contributed by atoms with van der Waals surface area (Å²) >= 11 is 0. The summed E-state index contributed by atoms with van der Waals surface area (Å²) in [5.74, 6) is -0.0694. The van der Waals surface area contributed by atoms with Gasteiger partial charge in [-0.15, -0.1) is 6.42 Å². The van der Waals surface area contributed by atoms with Gasteiger partial charge in [0.2, 0.25) is 0 Å². The van der Waals surface area contributed by atoms with Gasteiger partial charge in [-0.2, -0.15) is 15.2 Å². The lowest BCUT2D eigenvalue weighted by Crippen LogP contribution is -2.43. The van der Waals surface area contributed by atoms with Crippen molar-refractivity contribution in [3.63, 3.8) is 0 Å². The molecule has 3 aliphatic heterocycles. The number of pyridine rings is 1. The van der Waals surface area contributed by atoms with Crippen molar-refractivity contribution in [2.24, 2.45) is 11.8 Å². The zero-order chi connectivity index (χ0) is 34.4. The molecule has 2 aromatic heterocycles. The summed E-state index contributed by atoms with van der Waals surface area (Å²) in [4.78, 5) is 16.7. The Balaban J connectivity index is 1.32. The van der Waals surface area contributed by atoms with Gasteiger partial charge < -0.3 is 15.4 Å². The van der Waals surface area contributed by atoms with E-state index in [1.165, 1.54) is 24.4 Å². The molecule has 0 amide bonds. The van der Waals surface area contributed by atoms with Crippen molar-refractivity contribution in [2.45, 2.75) is 56.0 Å². The summed E-state index contributed by atoms with van der Waals surface area (Å²) in [5.41, 5.74) is 4.58. The molecule has 2 aromatic carbocycles. The maximum atomic E-state index is 17.0. The topological polar surface area (TPSA) is 104 Å². The first-order valence-electron chi connectivity index (χ1n) is 16.7. The fourth-order valence-corrected chi connectivity index (χ4v) is 7.91. The number of ether oxygens (including phenoxy) is 1. The van der Waals surface area contributed by atoms with Gasteiger partial charge >= 0.3 is 6.01 Å². The monoisotopic (exact) mass is 643 g/mol. The molecule has 6 atom stereocenters. The normalized spacial score (nSPS) is 29.4. The molecular formula is C35H31F4N7O. The van der Waals surface area contributed by atoms with Crippen LogP contribution in [0.4, 0.5) is 29.1 Å². The molecule has 4 aromatic rings. The smallest absolute Gasteiger partial charge is 0.319 e. The van der Waals surface area contributed by atoms with E-state index in [1.54, 1.807) is 15.9 Å². The second kappa shape index (κ2) is 11.0. The summed E-state index contributed by atoms with van der Waals surface area (Å²) in [6, 6.07) is 6.75. The molecule has 8 rings (SSSR count). The van der Waals surface area contributed by atoms with Gasteiger partial charge in [0.15, 0.2) is 5.82 Å². The van der Waals surface area contributed by atoms with Gasteiger partial charge in [-0.25, -0.2) is 17.6 Å². The minimum Gasteiger partial charge on any atom is -0.461 e. The van der Waals surface area contributed by atoms with Crippen molar-refractivity contribution in [1.82, 2.24) is 19.9 Å². The summed E-state index contributed by atoms with van der Waals surface area (Å²) in [6.45, 7) is -1.70. The molecule has 0 spiro atoms. The van der Waals surface area contributed by atoms with Crippen molar-refractivity contribution < 1.29 is 25.0 Å². The number of anilines is 2. The average Bonchev–Trinajstić information content (AvgIpc) is 3.37. The molecule has 8 nitrogen and oxygen atoms in total. The largest absolute Gasteiger partial charge is 0.461 e. The predicted octanol–water partition coefficient (Wildman–Crippen LogP) is 5.72. The zero-order valence-corrected chi connectivity index (χ0v) is 25.2. The summed E-state index contributed by atoms with van der Waals surface area (Å²) < 4.78 is 85.8. The number of alkyl halides is 2. The fraction of sp³-hybridized carbons (Fsp3) is 0.429. The maximum absolute atomic E-state index is 17.0. The predicted molar refractivity (Wildman–Crippen MR) is 169 cm³/mol. The van der Waals surface area contributed by atoms with E-state index < -0.39 is 54.0 Å². The third-order valence-corrected chi connectivity index (χ3v) is 10.2. The van der Waals surface area contributed by atoms with E-state index in [-0.39, 0.29) is 70.0 Å². The molecule has 2 N–H and O–H groups in total. The van der Waals surface area contributed by atoms with E-state index in [1.807, 2.05) is 0 Å². The molecule has 47 heavy (non-hydrogen) atoms. The van der Waals surface area contributed by atoms with E-state index in [4.69, 9.17) is 19.6 Å². The molecule has 1 saturated carbocycles. The highest BCUT2D eigenvalue weighted by atomic mass is 19.1. The van der Waals surface area contributed by atoms with Crippen LogP contribution in [0.25, 0.3) is 32.9 Å². The SMILES string of the molecule is [2H]C([2H])(Oc1nc(N2CC[C@@H](C#N)C[C@H]3[C@@H](F)[C@H]32)c2cnc(-c3cc(N)cc4ccc(F)c(C#C)c34)c(F)c2n1)[C@@]12CCCN1C[C@H](F)C2. The highest BCUT2D eigenvalue weighted by Crippen LogP contribution is 2.49. The Hall–Kier alpha value is -4.68. The van der Waals surface area contributed by atoms with Crippen LogP contribution >= 0.6 is 0 Å². The van der Waals surface area contributed by atoms with Gasteiger partial charge in [-0.3, -0.25) is 9.88 Å². The summed E-state index contributed by atoms with van der Waals surface area (Å²) in [5, 5.41) is 10.4. The number of nitrogens with two attached hydrogens (primary N) is 1. The third kappa shape index (κ3) is 4.72. The highest BCUT2D eigenvalue weighted by molar-refractivity contribution is 6.03. The summed E-state index contributed by atoms with van der Waals surface area (Å²) in [6.07, 6.45) is 6.16. The Morgan fingerprint density at radius 3 is 2.87 bits per heavy atom. The molecular weight excluding hydrogens is 610 g/mol. The Morgan fingerprint density at radius 2 is 2.06 bits per heavy atom. The van der Waals surface area contributed by atoms with Crippen LogP contribution in [0.2, 0.25) is 0 Å². The lowest BCUT2D eigenvalue weighted by atomic mass is 9.95. The van der Waals surface area contributed by atoms with Gasteiger partial charge in [-0.1, -0.05) is 12.0 Å². The van der Waals surface area contributed by atoms with Crippen molar-refractivity contribution in [1.29, 1.82) is 5.26 Å². The van der Waals surface area contributed by atoms with Crippen LogP contribution in [-0.4, -0.2) is 70.0 Å².